The molecule has 0 saturated heterocycles. The second-order valence-corrected chi connectivity index (χ2v) is 4.36. The van der Waals surface area contributed by atoms with Crippen molar-refractivity contribution in [2.24, 2.45) is 5.92 Å². The SMILES string of the molecule is CC(C(=O)O)C(=O)N(C)C(C)c1ccc(F)c(F)c1. The van der Waals surface area contributed by atoms with E-state index in [2.05, 4.69) is 0 Å². The van der Waals surface area contributed by atoms with E-state index in [9.17, 15) is 18.4 Å². The van der Waals surface area contributed by atoms with Gasteiger partial charge < -0.3 is 10.0 Å². The number of carboxylic acids is 1. The van der Waals surface area contributed by atoms with Crippen LogP contribution in [-0.2, 0) is 9.59 Å². The molecule has 1 N–H and O–H groups in total. The summed E-state index contributed by atoms with van der Waals surface area (Å²) in [4.78, 5) is 23.8. The van der Waals surface area contributed by atoms with Gasteiger partial charge >= 0.3 is 5.97 Å². The smallest absolute Gasteiger partial charge is 0.315 e. The number of hydrogen-bond acceptors (Lipinski definition) is 2. The molecule has 0 aromatic heterocycles. The molecule has 0 aliphatic rings. The second-order valence-electron chi connectivity index (χ2n) is 4.36. The molecule has 1 aromatic carbocycles. The van der Waals surface area contributed by atoms with Crippen LogP contribution in [0.4, 0.5) is 8.78 Å². The van der Waals surface area contributed by atoms with Crippen molar-refractivity contribution in [3.8, 4) is 0 Å². The van der Waals surface area contributed by atoms with E-state index in [1.165, 1.54) is 24.9 Å². The third-order valence-electron chi connectivity index (χ3n) is 3.10. The summed E-state index contributed by atoms with van der Waals surface area (Å²) >= 11 is 0. The Morgan fingerprint density at radius 3 is 2.26 bits per heavy atom. The largest absolute Gasteiger partial charge is 0.481 e. The molecule has 104 valence electrons. The Bertz CT molecular complexity index is 505. The highest BCUT2D eigenvalue weighted by molar-refractivity contribution is 5.96. The summed E-state index contributed by atoms with van der Waals surface area (Å²) in [7, 11) is 1.42. The molecule has 0 radical (unpaired) electrons. The summed E-state index contributed by atoms with van der Waals surface area (Å²) in [6, 6.07) is 2.78. The maximum Gasteiger partial charge on any atom is 0.315 e. The lowest BCUT2D eigenvalue weighted by atomic mass is 10.0. The minimum Gasteiger partial charge on any atom is -0.481 e. The van der Waals surface area contributed by atoms with Crippen LogP contribution in [-0.4, -0.2) is 28.9 Å². The molecule has 1 rings (SSSR count). The van der Waals surface area contributed by atoms with Gasteiger partial charge in [0.15, 0.2) is 11.6 Å². The molecule has 1 aromatic rings. The van der Waals surface area contributed by atoms with E-state index in [1.54, 1.807) is 6.92 Å². The Kier molecular flexibility index (Phi) is 4.58. The van der Waals surface area contributed by atoms with E-state index in [0.717, 1.165) is 12.1 Å². The fourth-order valence-corrected chi connectivity index (χ4v) is 1.60. The van der Waals surface area contributed by atoms with Gasteiger partial charge in [-0.3, -0.25) is 9.59 Å². The van der Waals surface area contributed by atoms with E-state index >= 15 is 0 Å². The van der Waals surface area contributed by atoms with Crippen LogP contribution in [0.1, 0.15) is 25.5 Å². The lowest BCUT2D eigenvalue weighted by Crippen LogP contribution is -2.37. The molecule has 19 heavy (non-hydrogen) atoms. The molecule has 2 unspecified atom stereocenters. The van der Waals surface area contributed by atoms with Gasteiger partial charge in [-0.25, -0.2) is 8.78 Å². The molecular formula is C13H15F2NO3. The first-order chi connectivity index (χ1) is 8.75. The highest BCUT2D eigenvalue weighted by Gasteiger charge is 2.27. The van der Waals surface area contributed by atoms with E-state index in [0.29, 0.717) is 5.56 Å². The first-order valence-corrected chi connectivity index (χ1v) is 5.70. The summed E-state index contributed by atoms with van der Waals surface area (Å²) in [5.41, 5.74) is 0.396. The zero-order chi connectivity index (χ0) is 14.7. The molecule has 6 heteroatoms. The van der Waals surface area contributed by atoms with Crippen LogP contribution in [0, 0.1) is 17.6 Å². The number of nitrogens with zero attached hydrogens (tertiary/aromatic N) is 1. The van der Waals surface area contributed by atoms with Crippen molar-refractivity contribution in [3.05, 3.63) is 35.4 Å². The summed E-state index contributed by atoms with van der Waals surface area (Å²) in [5.74, 6) is -4.97. The maximum atomic E-state index is 13.1. The normalized spacial score (nSPS) is 13.7. The molecule has 0 aliphatic heterocycles. The first-order valence-electron chi connectivity index (χ1n) is 5.70. The molecule has 0 bridgehead atoms. The number of aliphatic carboxylic acids is 1. The first kappa shape index (κ1) is 15.1. The Hall–Kier alpha value is -1.98. The highest BCUT2D eigenvalue weighted by atomic mass is 19.2. The third-order valence-corrected chi connectivity index (χ3v) is 3.10. The van der Waals surface area contributed by atoms with Crippen LogP contribution >= 0.6 is 0 Å². The zero-order valence-electron chi connectivity index (χ0n) is 10.9. The Balaban J connectivity index is 2.93. The van der Waals surface area contributed by atoms with E-state index in [4.69, 9.17) is 5.11 Å². The number of halogens is 2. The molecule has 4 nitrogen and oxygen atoms in total. The van der Waals surface area contributed by atoms with Gasteiger partial charge in [-0.05, 0) is 31.5 Å². The Morgan fingerprint density at radius 1 is 1.21 bits per heavy atom. The summed E-state index contributed by atoms with van der Waals surface area (Å²) in [6.07, 6.45) is 0. The predicted molar refractivity (Wildman–Crippen MR) is 64.3 cm³/mol. The lowest BCUT2D eigenvalue weighted by molar-refractivity contribution is -0.150. The number of benzene rings is 1. The van der Waals surface area contributed by atoms with Crippen molar-refractivity contribution < 1.29 is 23.5 Å². The van der Waals surface area contributed by atoms with Gasteiger partial charge in [0.1, 0.15) is 5.92 Å². The van der Waals surface area contributed by atoms with Gasteiger partial charge in [0.25, 0.3) is 0 Å². The van der Waals surface area contributed by atoms with Crippen LogP contribution in [0.5, 0.6) is 0 Å². The maximum absolute atomic E-state index is 13.1. The molecule has 2 atom stereocenters. The predicted octanol–water partition coefficient (Wildman–Crippen LogP) is 2.20. The molecular weight excluding hydrogens is 256 g/mol. The minimum absolute atomic E-state index is 0.396. The zero-order valence-corrected chi connectivity index (χ0v) is 10.9. The molecule has 0 aliphatic carbocycles. The van der Waals surface area contributed by atoms with Crippen molar-refractivity contribution in [2.45, 2.75) is 19.9 Å². The van der Waals surface area contributed by atoms with Crippen molar-refractivity contribution in [2.75, 3.05) is 7.05 Å². The van der Waals surface area contributed by atoms with Gasteiger partial charge in [-0.15, -0.1) is 0 Å². The molecule has 0 spiro atoms. The monoisotopic (exact) mass is 271 g/mol. The lowest BCUT2D eigenvalue weighted by Gasteiger charge is -2.27. The van der Waals surface area contributed by atoms with Crippen LogP contribution < -0.4 is 0 Å². The summed E-state index contributed by atoms with van der Waals surface area (Å²) < 4.78 is 25.9. The standard InChI is InChI=1S/C13H15F2NO3/c1-7(13(18)19)12(17)16(3)8(2)9-4-5-10(14)11(15)6-9/h4-8H,1-3H3,(H,18,19). The molecule has 1 amide bonds. The third kappa shape index (κ3) is 3.27. The van der Waals surface area contributed by atoms with Gasteiger partial charge in [-0.2, -0.15) is 0 Å². The van der Waals surface area contributed by atoms with Crippen molar-refractivity contribution in [1.82, 2.24) is 4.90 Å². The van der Waals surface area contributed by atoms with Crippen molar-refractivity contribution in [1.29, 1.82) is 0 Å². The second kappa shape index (κ2) is 5.77. The van der Waals surface area contributed by atoms with Crippen LogP contribution in [0.3, 0.4) is 0 Å². The number of rotatable bonds is 4. The fourth-order valence-electron chi connectivity index (χ4n) is 1.60. The fraction of sp³-hybridized carbons (Fsp3) is 0.385. The number of hydrogen-bond donors (Lipinski definition) is 1. The molecule has 0 saturated carbocycles. The highest BCUT2D eigenvalue weighted by Crippen LogP contribution is 2.22. The average molecular weight is 271 g/mol. The van der Waals surface area contributed by atoms with Crippen molar-refractivity contribution in [3.63, 3.8) is 0 Å². The van der Waals surface area contributed by atoms with Crippen LogP contribution in [0.25, 0.3) is 0 Å². The van der Waals surface area contributed by atoms with Crippen LogP contribution in [0.15, 0.2) is 18.2 Å². The van der Waals surface area contributed by atoms with Gasteiger partial charge in [0.05, 0.1) is 6.04 Å². The number of carbonyl (C=O) groups excluding carboxylic acids is 1. The summed E-state index contributed by atoms with van der Waals surface area (Å²) in [6.45, 7) is 2.89. The minimum atomic E-state index is -1.23. The summed E-state index contributed by atoms with van der Waals surface area (Å²) in [5, 5.41) is 8.78. The van der Waals surface area contributed by atoms with Gasteiger partial charge in [0, 0.05) is 7.05 Å². The topological polar surface area (TPSA) is 57.6 Å². The average Bonchev–Trinajstić information content (AvgIpc) is 2.38. The van der Waals surface area contributed by atoms with E-state index < -0.39 is 35.5 Å². The quantitative estimate of drug-likeness (QED) is 0.854. The van der Waals surface area contributed by atoms with Gasteiger partial charge in [0.2, 0.25) is 5.91 Å². The van der Waals surface area contributed by atoms with E-state index in [-0.39, 0.29) is 0 Å². The Labute approximate surface area is 109 Å². The Morgan fingerprint density at radius 2 is 1.79 bits per heavy atom. The van der Waals surface area contributed by atoms with Crippen LogP contribution in [0.2, 0.25) is 0 Å². The number of carbonyl (C=O) groups is 2. The number of amides is 1. The number of carboxylic acid groups (broad SMARTS) is 1. The van der Waals surface area contributed by atoms with Gasteiger partial charge in [-0.1, -0.05) is 6.07 Å². The molecule has 0 fully saturated rings. The van der Waals surface area contributed by atoms with E-state index in [1.807, 2.05) is 0 Å². The molecule has 0 heterocycles. The van der Waals surface area contributed by atoms with Crippen molar-refractivity contribution >= 4 is 11.9 Å².